The van der Waals surface area contributed by atoms with Crippen molar-refractivity contribution in [1.82, 2.24) is 9.62 Å². The Morgan fingerprint density at radius 1 is 1.35 bits per heavy atom. The van der Waals surface area contributed by atoms with E-state index in [2.05, 4.69) is 4.72 Å². The van der Waals surface area contributed by atoms with Crippen LogP contribution in [0.4, 0.5) is 0 Å². The molecule has 0 aromatic heterocycles. The molecule has 5 nitrogen and oxygen atoms in total. The highest BCUT2D eigenvalue weighted by molar-refractivity contribution is 7.89. The second-order valence-electron chi connectivity index (χ2n) is 6.02. The zero-order valence-electron chi connectivity index (χ0n) is 13.5. The van der Waals surface area contributed by atoms with Gasteiger partial charge in [-0.25, -0.2) is 8.42 Å². The molecule has 0 bridgehead atoms. The number of halogens is 1. The number of carbonyl (C=O) groups is 1. The van der Waals surface area contributed by atoms with Gasteiger partial charge < -0.3 is 4.90 Å². The summed E-state index contributed by atoms with van der Waals surface area (Å²) in [4.78, 5) is 14.4. The van der Waals surface area contributed by atoms with E-state index in [0.717, 1.165) is 25.8 Å². The molecule has 7 heteroatoms. The minimum atomic E-state index is -3.74. The first-order valence-electron chi connectivity index (χ1n) is 7.90. The fourth-order valence-electron chi connectivity index (χ4n) is 2.41. The molecule has 1 unspecified atom stereocenters. The third-order valence-electron chi connectivity index (χ3n) is 3.81. The molecular weight excluding hydrogens is 336 g/mol. The first-order valence-corrected chi connectivity index (χ1v) is 9.76. The van der Waals surface area contributed by atoms with Crippen LogP contribution in [0.5, 0.6) is 0 Å². The summed E-state index contributed by atoms with van der Waals surface area (Å²) in [5, 5.41) is 0.464. The Morgan fingerprint density at radius 3 is 2.48 bits per heavy atom. The van der Waals surface area contributed by atoms with Crippen molar-refractivity contribution < 1.29 is 13.2 Å². The van der Waals surface area contributed by atoms with Gasteiger partial charge in [-0.15, -0.1) is 0 Å². The molecule has 128 valence electrons. The van der Waals surface area contributed by atoms with E-state index in [1.807, 2.05) is 6.92 Å². The van der Waals surface area contributed by atoms with Crippen LogP contribution < -0.4 is 4.72 Å². The quantitative estimate of drug-likeness (QED) is 0.776. The fourth-order valence-corrected chi connectivity index (χ4v) is 3.73. The van der Waals surface area contributed by atoms with Gasteiger partial charge >= 0.3 is 0 Å². The Balaban J connectivity index is 2.04. The van der Waals surface area contributed by atoms with Crippen molar-refractivity contribution in [3.8, 4) is 0 Å². The minimum absolute atomic E-state index is 0.103. The molecule has 1 saturated carbocycles. The molecular formula is C16H23ClN2O3S. The Hall–Kier alpha value is -1.11. The number of rotatable bonds is 8. The number of amides is 1. The molecule has 1 aromatic carbocycles. The van der Waals surface area contributed by atoms with E-state index in [9.17, 15) is 13.2 Å². The monoisotopic (exact) mass is 358 g/mol. The van der Waals surface area contributed by atoms with Gasteiger partial charge in [0.15, 0.2) is 0 Å². The van der Waals surface area contributed by atoms with E-state index in [1.54, 1.807) is 11.8 Å². The number of hydrogen-bond acceptors (Lipinski definition) is 3. The summed E-state index contributed by atoms with van der Waals surface area (Å²) in [6.07, 6.45) is 3.16. The van der Waals surface area contributed by atoms with Gasteiger partial charge in [-0.3, -0.25) is 4.79 Å². The van der Waals surface area contributed by atoms with Crippen LogP contribution in [0.15, 0.2) is 29.2 Å². The zero-order valence-corrected chi connectivity index (χ0v) is 15.0. The molecule has 1 amide bonds. The molecule has 0 radical (unpaired) electrons. The summed E-state index contributed by atoms with van der Waals surface area (Å²) >= 11 is 5.77. The second-order valence-corrected chi connectivity index (χ2v) is 8.17. The van der Waals surface area contributed by atoms with Crippen molar-refractivity contribution in [2.75, 3.05) is 13.1 Å². The Kier molecular flexibility index (Phi) is 6.06. The van der Waals surface area contributed by atoms with Gasteiger partial charge in [0, 0.05) is 18.1 Å². The molecule has 1 aliphatic rings. The highest BCUT2D eigenvalue weighted by Gasteiger charge is 2.30. The van der Waals surface area contributed by atoms with E-state index in [4.69, 9.17) is 11.6 Å². The van der Waals surface area contributed by atoms with Crippen LogP contribution >= 0.6 is 11.6 Å². The Morgan fingerprint density at radius 2 is 1.96 bits per heavy atom. The first-order chi connectivity index (χ1) is 10.8. The van der Waals surface area contributed by atoms with Gasteiger partial charge in [0.05, 0.1) is 10.9 Å². The van der Waals surface area contributed by atoms with Crippen LogP contribution in [0.1, 0.15) is 33.1 Å². The van der Waals surface area contributed by atoms with Crippen molar-refractivity contribution in [2.45, 2.75) is 44.0 Å². The first kappa shape index (κ1) is 18.2. The lowest BCUT2D eigenvalue weighted by Crippen LogP contribution is -2.47. The number of carbonyl (C=O) groups excluding carboxylic acids is 1. The standard InChI is InChI=1S/C16H23ClN2O3S/c1-3-10-19(11-13-4-5-13)16(20)12(2)18-23(21,22)15-8-6-14(17)7-9-15/h6-9,12-13,18H,3-5,10-11H2,1-2H3. The molecule has 2 rings (SSSR count). The maximum Gasteiger partial charge on any atom is 0.241 e. The molecule has 1 aliphatic carbocycles. The number of nitrogens with zero attached hydrogens (tertiary/aromatic N) is 1. The van der Waals surface area contributed by atoms with Crippen LogP contribution in [0.3, 0.4) is 0 Å². The van der Waals surface area contributed by atoms with Gasteiger partial charge in [-0.05, 0) is 56.4 Å². The predicted octanol–water partition coefficient (Wildman–Crippen LogP) is 2.66. The van der Waals surface area contributed by atoms with Gasteiger partial charge in [0.1, 0.15) is 0 Å². The lowest BCUT2D eigenvalue weighted by molar-refractivity contribution is -0.132. The molecule has 1 N–H and O–H groups in total. The van der Waals surface area contributed by atoms with E-state index in [0.29, 0.717) is 17.5 Å². The summed E-state index contributed by atoms with van der Waals surface area (Å²) in [6, 6.07) is 5.09. The van der Waals surface area contributed by atoms with Crippen molar-refractivity contribution in [2.24, 2.45) is 5.92 Å². The van der Waals surface area contributed by atoms with Crippen LogP contribution in [0.2, 0.25) is 5.02 Å². The predicted molar refractivity (Wildman–Crippen MR) is 90.8 cm³/mol. The van der Waals surface area contributed by atoms with Crippen LogP contribution in [0, 0.1) is 5.92 Å². The van der Waals surface area contributed by atoms with E-state index in [1.165, 1.54) is 24.3 Å². The lowest BCUT2D eigenvalue weighted by atomic mass is 10.2. The summed E-state index contributed by atoms with van der Waals surface area (Å²) < 4.78 is 27.2. The highest BCUT2D eigenvalue weighted by Crippen LogP contribution is 2.30. The minimum Gasteiger partial charge on any atom is -0.341 e. The Bertz CT molecular complexity index is 642. The summed E-state index contributed by atoms with van der Waals surface area (Å²) in [6.45, 7) is 4.98. The molecule has 0 aliphatic heterocycles. The fraction of sp³-hybridized carbons (Fsp3) is 0.562. The molecule has 0 spiro atoms. The Labute approximate surface area is 143 Å². The largest absolute Gasteiger partial charge is 0.341 e. The van der Waals surface area contributed by atoms with Crippen LogP contribution in [0.25, 0.3) is 0 Å². The molecule has 23 heavy (non-hydrogen) atoms. The van der Waals surface area contributed by atoms with Gasteiger partial charge in [0.25, 0.3) is 0 Å². The maximum absolute atomic E-state index is 12.5. The van der Waals surface area contributed by atoms with Crippen LogP contribution in [-0.4, -0.2) is 38.4 Å². The topological polar surface area (TPSA) is 66.5 Å². The number of hydrogen-bond donors (Lipinski definition) is 1. The van der Waals surface area contributed by atoms with Gasteiger partial charge in [0.2, 0.25) is 15.9 Å². The van der Waals surface area contributed by atoms with E-state index in [-0.39, 0.29) is 10.8 Å². The van der Waals surface area contributed by atoms with Crippen LogP contribution in [-0.2, 0) is 14.8 Å². The highest BCUT2D eigenvalue weighted by atomic mass is 35.5. The third kappa shape index (κ3) is 5.19. The molecule has 0 heterocycles. The van der Waals surface area contributed by atoms with Crippen molar-refractivity contribution in [1.29, 1.82) is 0 Å². The zero-order chi connectivity index (χ0) is 17.0. The SMILES string of the molecule is CCCN(CC1CC1)C(=O)C(C)NS(=O)(=O)c1ccc(Cl)cc1. The van der Waals surface area contributed by atoms with Gasteiger partial charge in [-0.2, -0.15) is 4.72 Å². The van der Waals surface area contributed by atoms with E-state index >= 15 is 0 Å². The van der Waals surface area contributed by atoms with Crippen molar-refractivity contribution >= 4 is 27.5 Å². The number of nitrogens with one attached hydrogen (secondary N) is 1. The number of sulfonamides is 1. The van der Waals surface area contributed by atoms with Crippen molar-refractivity contribution in [3.05, 3.63) is 29.3 Å². The summed E-state index contributed by atoms with van der Waals surface area (Å²) in [7, 11) is -3.74. The molecule has 1 fully saturated rings. The smallest absolute Gasteiger partial charge is 0.241 e. The van der Waals surface area contributed by atoms with Gasteiger partial charge in [-0.1, -0.05) is 18.5 Å². The number of benzene rings is 1. The average molecular weight is 359 g/mol. The maximum atomic E-state index is 12.5. The average Bonchev–Trinajstić information content (AvgIpc) is 3.30. The normalized spacial score (nSPS) is 16.1. The molecule has 1 aromatic rings. The summed E-state index contributed by atoms with van der Waals surface area (Å²) in [5.74, 6) is 0.405. The molecule has 1 atom stereocenters. The lowest BCUT2D eigenvalue weighted by Gasteiger charge is -2.25. The van der Waals surface area contributed by atoms with E-state index < -0.39 is 16.1 Å². The molecule has 0 saturated heterocycles. The second kappa shape index (κ2) is 7.64. The summed E-state index contributed by atoms with van der Waals surface area (Å²) in [5.41, 5.74) is 0. The third-order valence-corrected chi connectivity index (χ3v) is 5.62. The van der Waals surface area contributed by atoms with Crippen molar-refractivity contribution in [3.63, 3.8) is 0 Å².